The van der Waals surface area contributed by atoms with Gasteiger partial charge < -0.3 is 10.4 Å². The SMILES string of the molecule is CCCCC(O)(c1ccccc1)c1ccccc1NC(=O)c1ccccc1. The highest BCUT2D eigenvalue weighted by atomic mass is 16.3. The summed E-state index contributed by atoms with van der Waals surface area (Å²) in [6.45, 7) is 2.11. The summed E-state index contributed by atoms with van der Waals surface area (Å²) in [4.78, 5) is 12.7. The number of nitrogens with one attached hydrogen (secondary N) is 1. The molecule has 1 atom stereocenters. The van der Waals surface area contributed by atoms with Gasteiger partial charge in [-0.3, -0.25) is 4.79 Å². The number of rotatable bonds is 7. The average molecular weight is 359 g/mol. The van der Waals surface area contributed by atoms with Gasteiger partial charge in [0.05, 0.1) is 0 Å². The van der Waals surface area contributed by atoms with E-state index in [1.165, 1.54) is 0 Å². The van der Waals surface area contributed by atoms with Crippen LogP contribution in [0.5, 0.6) is 0 Å². The molecule has 0 fully saturated rings. The lowest BCUT2D eigenvalue weighted by Gasteiger charge is -2.31. The first-order chi connectivity index (χ1) is 13.1. The van der Waals surface area contributed by atoms with Crippen LogP contribution in [0.3, 0.4) is 0 Å². The second-order valence-corrected chi connectivity index (χ2v) is 6.70. The van der Waals surface area contributed by atoms with Gasteiger partial charge in [-0.2, -0.15) is 0 Å². The van der Waals surface area contributed by atoms with Gasteiger partial charge in [0.15, 0.2) is 0 Å². The maximum absolute atomic E-state index is 12.7. The Hall–Kier alpha value is -2.91. The van der Waals surface area contributed by atoms with Gasteiger partial charge in [-0.15, -0.1) is 0 Å². The number of aliphatic hydroxyl groups is 1. The van der Waals surface area contributed by atoms with Crippen LogP contribution in [0, 0.1) is 0 Å². The molecule has 138 valence electrons. The van der Waals surface area contributed by atoms with Gasteiger partial charge in [-0.25, -0.2) is 0 Å². The Morgan fingerprint density at radius 3 is 2.15 bits per heavy atom. The van der Waals surface area contributed by atoms with Crippen LogP contribution in [0.1, 0.15) is 47.7 Å². The van der Waals surface area contributed by atoms with Crippen LogP contribution in [0.15, 0.2) is 84.9 Å². The summed E-state index contributed by atoms with van der Waals surface area (Å²) >= 11 is 0. The van der Waals surface area contributed by atoms with E-state index in [2.05, 4.69) is 12.2 Å². The van der Waals surface area contributed by atoms with Crippen LogP contribution in [0.25, 0.3) is 0 Å². The van der Waals surface area contributed by atoms with Crippen LogP contribution < -0.4 is 5.32 Å². The molecule has 2 N–H and O–H groups in total. The molecule has 3 aromatic rings. The minimum Gasteiger partial charge on any atom is -0.380 e. The molecule has 3 nitrogen and oxygen atoms in total. The second-order valence-electron chi connectivity index (χ2n) is 6.70. The molecule has 0 aromatic heterocycles. The molecule has 0 aliphatic carbocycles. The first kappa shape index (κ1) is 18.9. The zero-order valence-electron chi connectivity index (χ0n) is 15.6. The third-order valence-corrected chi connectivity index (χ3v) is 4.80. The summed E-state index contributed by atoms with van der Waals surface area (Å²) in [5.74, 6) is -0.186. The number of carbonyl (C=O) groups is 1. The standard InChI is InChI=1S/C24H25NO2/c1-2-3-18-24(27,20-14-8-5-9-15-20)21-16-10-11-17-22(21)25-23(26)19-12-6-4-7-13-19/h4-17,27H,2-3,18H2,1H3,(H,25,26). The van der Waals surface area contributed by atoms with E-state index in [0.717, 1.165) is 18.4 Å². The minimum absolute atomic E-state index is 0.186. The van der Waals surface area contributed by atoms with Crippen molar-refractivity contribution in [2.75, 3.05) is 5.32 Å². The molecule has 0 aliphatic rings. The zero-order valence-corrected chi connectivity index (χ0v) is 15.6. The van der Waals surface area contributed by atoms with Crippen LogP contribution >= 0.6 is 0 Å². The van der Waals surface area contributed by atoms with Crippen LogP contribution in [0.2, 0.25) is 0 Å². The molecular weight excluding hydrogens is 334 g/mol. The molecule has 0 bridgehead atoms. The Morgan fingerprint density at radius 1 is 0.889 bits per heavy atom. The normalized spacial score (nSPS) is 13.0. The van der Waals surface area contributed by atoms with E-state index >= 15 is 0 Å². The Kier molecular flexibility index (Phi) is 6.05. The van der Waals surface area contributed by atoms with E-state index in [0.29, 0.717) is 23.2 Å². The highest BCUT2D eigenvalue weighted by molar-refractivity contribution is 6.04. The van der Waals surface area contributed by atoms with Crippen molar-refractivity contribution >= 4 is 11.6 Å². The van der Waals surface area contributed by atoms with Crippen molar-refractivity contribution in [1.29, 1.82) is 0 Å². The number of unbranched alkanes of at least 4 members (excludes halogenated alkanes) is 1. The molecule has 1 amide bonds. The van der Waals surface area contributed by atoms with Gasteiger partial charge in [0.1, 0.15) is 5.60 Å². The summed E-state index contributed by atoms with van der Waals surface area (Å²) in [6, 6.07) is 26.3. The number of amides is 1. The Bertz CT molecular complexity index is 877. The van der Waals surface area contributed by atoms with Gasteiger partial charge >= 0.3 is 0 Å². The Morgan fingerprint density at radius 2 is 1.48 bits per heavy atom. The lowest BCUT2D eigenvalue weighted by atomic mass is 9.81. The molecule has 0 saturated carbocycles. The van der Waals surface area contributed by atoms with Crippen molar-refractivity contribution in [3.63, 3.8) is 0 Å². The predicted molar refractivity (Wildman–Crippen MR) is 110 cm³/mol. The lowest BCUT2D eigenvalue weighted by Crippen LogP contribution is -2.29. The maximum Gasteiger partial charge on any atom is 0.255 e. The molecule has 0 heterocycles. The average Bonchev–Trinajstić information content (AvgIpc) is 2.73. The van der Waals surface area contributed by atoms with Crippen molar-refractivity contribution in [2.45, 2.75) is 31.8 Å². The van der Waals surface area contributed by atoms with E-state index in [1.54, 1.807) is 12.1 Å². The van der Waals surface area contributed by atoms with E-state index in [4.69, 9.17) is 0 Å². The third-order valence-electron chi connectivity index (χ3n) is 4.80. The van der Waals surface area contributed by atoms with Crippen LogP contribution in [-0.2, 0) is 5.60 Å². The van der Waals surface area contributed by atoms with Crippen molar-refractivity contribution in [3.8, 4) is 0 Å². The molecule has 1 unspecified atom stereocenters. The molecule has 0 saturated heterocycles. The monoisotopic (exact) mass is 359 g/mol. The Labute approximate surface area is 160 Å². The van der Waals surface area contributed by atoms with Gasteiger partial charge in [0.25, 0.3) is 5.91 Å². The number of hydrogen-bond acceptors (Lipinski definition) is 2. The summed E-state index contributed by atoms with van der Waals surface area (Å²) in [6.07, 6.45) is 2.45. The number of anilines is 1. The fourth-order valence-corrected chi connectivity index (χ4v) is 3.32. The predicted octanol–water partition coefficient (Wildman–Crippen LogP) is 5.37. The summed E-state index contributed by atoms with van der Waals surface area (Å²) < 4.78 is 0. The van der Waals surface area contributed by atoms with Gasteiger partial charge in [0, 0.05) is 16.8 Å². The zero-order chi connectivity index (χ0) is 19.1. The highest BCUT2D eigenvalue weighted by Gasteiger charge is 2.33. The number of carbonyl (C=O) groups excluding carboxylic acids is 1. The Balaban J connectivity index is 2.00. The van der Waals surface area contributed by atoms with Crippen molar-refractivity contribution < 1.29 is 9.90 Å². The minimum atomic E-state index is -1.15. The largest absolute Gasteiger partial charge is 0.380 e. The van der Waals surface area contributed by atoms with Crippen molar-refractivity contribution in [2.24, 2.45) is 0 Å². The lowest BCUT2D eigenvalue weighted by molar-refractivity contribution is 0.0691. The summed E-state index contributed by atoms with van der Waals surface area (Å²) in [5.41, 5.74) is 1.62. The van der Waals surface area contributed by atoms with Crippen LogP contribution in [0.4, 0.5) is 5.69 Å². The topological polar surface area (TPSA) is 49.3 Å². The first-order valence-corrected chi connectivity index (χ1v) is 9.39. The number of para-hydroxylation sites is 1. The quantitative estimate of drug-likeness (QED) is 0.596. The van der Waals surface area contributed by atoms with E-state index in [9.17, 15) is 9.90 Å². The summed E-state index contributed by atoms with van der Waals surface area (Å²) in [5, 5.41) is 14.7. The molecule has 3 heteroatoms. The highest BCUT2D eigenvalue weighted by Crippen LogP contribution is 2.38. The van der Waals surface area contributed by atoms with Crippen molar-refractivity contribution in [1.82, 2.24) is 0 Å². The van der Waals surface area contributed by atoms with Crippen molar-refractivity contribution in [3.05, 3.63) is 102 Å². The van der Waals surface area contributed by atoms with Gasteiger partial charge in [-0.1, -0.05) is 86.5 Å². The number of hydrogen-bond donors (Lipinski definition) is 2. The smallest absolute Gasteiger partial charge is 0.255 e. The second kappa shape index (κ2) is 8.65. The molecule has 0 spiro atoms. The molecular formula is C24H25NO2. The first-order valence-electron chi connectivity index (χ1n) is 9.39. The maximum atomic E-state index is 12.7. The van der Waals surface area contributed by atoms with Gasteiger partial charge in [-0.05, 0) is 30.2 Å². The van der Waals surface area contributed by atoms with E-state index in [-0.39, 0.29) is 5.91 Å². The molecule has 27 heavy (non-hydrogen) atoms. The van der Waals surface area contributed by atoms with E-state index in [1.807, 2.05) is 72.8 Å². The number of benzene rings is 3. The molecule has 3 rings (SSSR count). The molecule has 0 radical (unpaired) electrons. The summed E-state index contributed by atoms with van der Waals surface area (Å²) in [7, 11) is 0. The molecule has 3 aromatic carbocycles. The third kappa shape index (κ3) is 4.26. The fourth-order valence-electron chi connectivity index (χ4n) is 3.32. The van der Waals surface area contributed by atoms with Crippen LogP contribution in [-0.4, -0.2) is 11.0 Å². The van der Waals surface area contributed by atoms with E-state index < -0.39 is 5.60 Å². The fraction of sp³-hybridized carbons (Fsp3) is 0.208. The van der Waals surface area contributed by atoms with Gasteiger partial charge in [0.2, 0.25) is 0 Å². The molecule has 0 aliphatic heterocycles.